The number of hydrogen-bond donors (Lipinski definition) is 1. The molecule has 0 aliphatic rings. The van der Waals surface area contributed by atoms with Crippen LogP contribution in [0.15, 0.2) is 30.3 Å². The fraction of sp³-hybridized carbons (Fsp3) is 0.500. The highest BCUT2D eigenvalue weighted by molar-refractivity contribution is 5.18. The van der Waals surface area contributed by atoms with Crippen molar-refractivity contribution in [3.8, 4) is 0 Å². The zero-order valence-electron chi connectivity index (χ0n) is 8.75. The van der Waals surface area contributed by atoms with Crippen molar-refractivity contribution in [2.75, 3.05) is 0 Å². The highest BCUT2D eigenvalue weighted by Crippen LogP contribution is 2.16. The molecular weight excluding hydrogens is 158 g/mol. The molecule has 0 aromatic heterocycles. The van der Waals surface area contributed by atoms with Crippen LogP contribution in [0, 0.1) is 0 Å². The van der Waals surface area contributed by atoms with Crippen LogP contribution in [-0.2, 0) is 0 Å². The summed E-state index contributed by atoms with van der Waals surface area (Å²) in [4.78, 5) is 0. The molecule has 0 spiro atoms. The van der Waals surface area contributed by atoms with E-state index in [0.29, 0.717) is 12.1 Å². The molecule has 0 heterocycles. The fourth-order valence-corrected chi connectivity index (χ4v) is 1.54. The Balaban J connectivity index is 2.67. The summed E-state index contributed by atoms with van der Waals surface area (Å²) in [5.74, 6) is 0. The molecule has 0 amide bonds. The number of benzene rings is 1. The number of nitrogens with one attached hydrogen (secondary N) is 1. The zero-order valence-corrected chi connectivity index (χ0v) is 8.75. The molecule has 0 saturated heterocycles. The topological polar surface area (TPSA) is 12.0 Å². The second-order valence-corrected chi connectivity index (χ2v) is 3.69. The first-order valence-corrected chi connectivity index (χ1v) is 5.05. The van der Waals surface area contributed by atoms with Gasteiger partial charge in [-0.05, 0) is 12.0 Å². The van der Waals surface area contributed by atoms with Crippen LogP contribution in [0.1, 0.15) is 38.8 Å². The van der Waals surface area contributed by atoms with E-state index < -0.39 is 0 Å². The maximum Gasteiger partial charge on any atom is 0.0319 e. The summed E-state index contributed by atoms with van der Waals surface area (Å²) >= 11 is 0. The first-order chi connectivity index (χ1) is 6.24. The van der Waals surface area contributed by atoms with Crippen molar-refractivity contribution in [3.63, 3.8) is 0 Å². The average Bonchev–Trinajstić information content (AvgIpc) is 2.15. The van der Waals surface area contributed by atoms with E-state index in [4.69, 9.17) is 0 Å². The van der Waals surface area contributed by atoms with E-state index in [2.05, 4.69) is 56.4 Å². The minimum absolute atomic E-state index is 0.501. The predicted octanol–water partition coefficient (Wildman–Crippen LogP) is 3.14. The smallest absolute Gasteiger partial charge is 0.0319 e. The van der Waals surface area contributed by atoms with Gasteiger partial charge < -0.3 is 5.32 Å². The van der Waals surface area contributed by atoms with Gasteiger partial charge in [0.05, 0.1) is 0 Å². The molecule has 1 heteroatoms. The number of hydrogen-bond acceptors (Lipinski definition) is 1. The van der Waals surface area contributed by atoms with Crippen LogP contribution in [0.4, 0.5) is 0 Å². The number of rotatable bonds is 4. The molecule has 1 atom stereocenters. The molecule has 1 N–H and O–H groups in total. The second kappa shape index (κ2) is 5.03. The van der Waals surface area contributed by atoms with Gasteiger partial charge >= 0.3 is 0 Å². The Hall–Kier alpha value is -0.820. The zero-order chi connectivity index (χ0) is 9.68. The van der Waals surface area contributed by atoms with Gasteiger partial charge in [0.2, 0.25) is 0 Å². The predicted molar refractivity (Wildman–Crippen MR) is 57.7 cm³/mol. The average molecular weight is 177 g/mol. The van der Waals surface area contributed by atoms with E-state index in [-0.39, 0.29) is 0 Å². The van der Waals surface area contributed by atoms with Gasteiger partial charge in [0, 0.05) is 12.1 Å². The standard InChI is InChI=1S/C12H19N/c1-4-12(13-10(2)3)11-8-6-5-7-9-11/h5-10,12-13H,4H2,1-3H3. The molecule has 0 bridgehead atoms. The molecule has 0 fully saturated rings. The van der Waals surface area contributed by atoms with Gasteiger partial charge in [0.25, 0.3) is 0 Å². The van der Waals surface area contributed by atoms with Gasteiger partial charge in [0.15, 0.2) is 0 Å². The van der Waals surface area contributed by atoms with Gasteiger partial charge in [-0.1, -0.05) is 51.1 Å². The molecule has 1 unspecified atom stereocenters. The Morgan fingerprint density at radius 3 is 2.23 bits per heavy atom. The SMILES string of the molecule is CCC(NC(C)C)c1ccccc1. The molecule has 1 nitrogen and oxygen atoms in total. The second-order valence-electron chi connectivity index (χ2n) is 3.69. The van der Waals surface area contributed by atoms with E-state index in [1.54, 1.807) is 0 Å². The molecule has 0 aliphatic heterocycles. The van der Waals surface area contributed by atoms with Crippen LogP contribution in [0.25, 0.3) is 0 Å². The molecule has 0 aliphatic carbocycles. The van der Waals surface area contributed by atoms with E-state index in [9.17, 15) is 0 Å². The summed E-state index contributed by atoms with van der Waals surface area (Å²) < 4.78 is 0. The lowest BCUT2D eigenvalue weighted by atomic mass is 10.0. The van der Waals surface area contributed by atoms with Gasteiger partial charge in [-0.25, -0.2) is 0 Å². The van der Waals surface area contributed by atoms with Crippen molar-refractivity contribution in [2.24, 2.45) is 0 Å². The first kappa shape index (κ1) is 10.3. The molecule has 0 radical (unpaired) electrons. The summed E-state index contributed by atoms with van der Waals surface area (Å²) in [7, 11) is 0. The van der Waals surface area contributed by atoms with E-state index in [1.807, 2.05) is 0 Å². The lowest BCUT2D eigenvalue weighted by molar-refractivity contribution is 0.466. The van der Waals surface area contributed by atoms with Crippen LogP contribution >= 0.6 is 0 Å². The molecular formula is C12H19N. The third-order valence-electron chi connectivity index (χ3n) is 2.14. The molecule has 1 rings (SSSR count). The summed E-state index contributed by atoms with van der Waals surface area (Å²) in [5, 5.41) is 3.55. The Kier molecular flexibility index (Phi) is 3.97. The monoisotopic (exact) mass is 177 g/mol. The van der Waals surface area contributed by atoms with Crippen molar-refractivity contribution >= 4 is 0 Å². The van der Waals surface area contributed by atoms with Crippen LogP contribution in [0.3, 0.4) is 0 Å². The van der Waals surface area contributed by atoms with Crippen molar-refractivity contribution in [3.05, 3.63) is 35.9 Å². The summed E-state index contributed by atoms with van der Waals surface area (Å²) in [6.45, 7) is 6.59. The van der Waals surface area contributed by atoms with Crippen molar-refractivity contribution < 1.29 is 0 Å². The molecule has 72 valence electrons. The lowest BCUT2D eigenvalue weighted by Gasteiger charge is -2.19. The van der Waals surface area contributed by atoms with E-state index in [1.165, 1.54) is 5.56 Å². The Morgan fingerprint density at radius 1 is 1.15 bits per heavy atom. The largest absolute Gasteiger partial charge is 0.308 e. The highest BCUT2D eigenvalue weighted by atomic mass is 14.9. The van der Waals surface area contributed by atoms with Crippen molar-refractivity contribution in [1.82, 2.24) is 5.32 Å². The maximum absolute atomic E-state index is 3.55. The van der Waals surface area contributed by atoms with Crippen molar-refractivity contribution in [1.29, 1.82) is 0 Å². The summed E-state index contributed by atoms with van der Waals surface area (Å²) in [6, 6.07) is 11.7. The van der Waals surface area contributed by atoms with Crippen LogP contribution in [-0.4, -0.2) is 6.04 Å². The van der Waals surface area contributed by atoms with Crippen LogP contribution in [0.2, 0.25) is 0 Å². The minimum atomic E-state index is 0.501. The van der Waals surface area contributed by atoms with Crippen molar-refractivity contribution in [2.45, 2.75) is 39.3 Å². The lowest BCUT2D eigenvalue weighted by Crippen LogP contribution is -2.27. The summed E-state index contributed by atoms with van der Waals surface area (Å²) in [5.41, 5.74) is 1.39. The minimum Gasteiger partial charge on any atom is -0.308 e. The van der Waals surface area contributed by atoms with Gasteiger partial charge in [-0.15, -0.1) is 0 Å². The third kappa shape index (κ3) is 3.19. The molecule has 13 heavy (non-hydrogen) atoms. The van der Waals surface area contributed by atoms with Gasteiger partial charge in [-0.2, -0.15) is 0 Å². The van der Waals surface area contributed by atoms with E-state index in [0.717, 1.165) is 6.42 Å². The molecule has 1 aromatic rings. The molecule has 1 aromatic carbocycles. The Morgan fingerprint density at radius 2 is 1.77 bits per heavy atom. The van der Waals surface area contributed by atoms with Gasteiger partial charge in [0.1, 0.15) is 0 Å². The quantitative estimate of drug-likeness (QED) is 0.745. The normalized spacial score (nSPS) is 13.2. The third-order valence-corrected chi connectivity index (χ3v) is 2.14. The van der Waals surface area contributed by atoms with Crippen LogP contribution < -0.4 is 5.32 Å². The summed E-state index contributed by atoms with van der Waals surface area (Å²) in [6.07, 6.45) is 1.14. The van der Waals surface area contributed by atoms with Crippen LogP contribution in [0.5, 0.6) is 0 Å². The van der Waals surface area contributed by atoms with Gasteiger partial charge in [-0.3, -0.25) is 0 Å². The Labute approximate surface area is 81.2 Å². The Bertz CT molecular complexity index is 228. The fourth-order valence-electron chi connectivity index (χ4n) is 1.54. The molecule has 0 saturated carbocycles. The maximum atomic E-state index is 3.55. The first-order valence-electron chi connectivity index (χ1n) is 5.05. The highest BCUT2D eigenvalue weighted by Gasteiger charge is 2.08. The van der Waals surface area contributed by atoms with E-state index >= 15 is 0 Å².